The Hall–Kier alpha value is -3.09. The van der Waals surface area contributed by atoms with Crippen molar-refractivity contribution in [1.29, 1.82) is 0 Å². The highest BCUT2D eigenvalue weighted by Gasteiger charge is 2.31. The van der Waals surface area contributed by atoms with Gasteiger partial charge >= 0.3 is 0 Å². The number of aromatic nitrogens is 3. The lowest BCUT2D eigenvalue weighted by Gasteiger charge is -2.17. The SMILES string of the molecule is O=C(N[C@@H](CO)C(=O)Nn1cnnc1)c1c(F)c(F)c(F)c(F)c1F. The number of aliphatic hydroxyl groups excluding tert-OH is 1. The summed E-state index contributed by atoms with van der Waals surface area (Å²) in [6.07, 6.45) is 2.08. The molecule has 0 bridgehead atoms. The number of halogens is 5. The Morgan fingerprint density at radius 3 is 1.96 bits per heavy atom. The number of carbonyl (C=O) groups excluding carboxylic acids is 2. The zero-order valence-corrected chi connectivity index (χ0v) is 11.9. The van der Waals surface area contributed by atoms with Gasteiger partial charge in [0, 0.05) is 0 Å². The Balaban J connectivity index is 2.24. The quantitative estimate of drug-likeness (QED) is 0.387. The van der Waals surface area contributed by atoms with Gasteiger partial charge in [-0.15, -0.1) is 10.2 Å². The molecular formula is C12H8F5N5O3. The Kier molecular flexibility index (Phi) is 5.26. The van der Waals surface area contributed by atoms with E-state index in [0.29, 0.717) is 0 Å². The summed E-state index contributed by atoms with van der Waals surface area (Å²) in [4.78, 5) is 23.6. The fourth-order valence-corrected chi connectivity index (χ4v) is 1.69. The molecule has 13 heteroatoms. The first kappa shape index (κ1) is 18.3. The highest BCUT2D eigenvalue weighted by molar-refractivity contribution is 5.99. The van der Waals surface area contributed by atoms with Gasteiger partial charge in [0.2, 0.25) is 5.82 Å². The number of carbonyl (C=O) groups is 2. The average Bonchev–Trinajstić information content (AvgIpc) is 3.09. The molecule has 0 saturated heterocycles. The molecule has 0 radical (unpaired) electrons. The third kappa shape index (κ3) is 3.55. The smallest absolute Gasteiger partial charge is 0.263 e. The topological polar surface area (TPSA) is 109 Å². The van der Waals surface area contributed by atoms with Crippen LogP contribution in [0.3, 0.4) is 0 Å². The molecule has 0 spiro atoms. The monoisotopic (exact) mass is 365 g/mol. The molecule has 8 nitrogen and oxygen atoms in total. The van der Waals surface area contributed by atoms with E-state index < -0.39 is 59.1 Å². The van der Waals surface area contributed by atoms with Crippen LogP contribution in [-0.4, -0.2) is 44.4 Å². The zero-order valence-electron chi connectivity index (χ0n) is 11.9. The predicted octanol–water partition coefficient (Wildman–Crippen LogP) is -0.165. The fourth-order valence-electron chi connectivity index (χ4n) is 1.69. The van der Waals surface area contributed by atoms with Crippen molar-refractivity contribution in [1.82, 2.24) is 20.2 Å². The molecule has 0 unspecified atom stereocenters. The van der Waals surface area contributed by atoms with Gasteiger partial charge in [-0.25, -0.2) is 26.6 Å². The third-order valence-corrected chi connectivity index (χ3v) is 2.90. The summed E-state index contributed by atoms with van der Waals surface area (Å²) >= 11 is 0. The average molecular weight is 365 g/mol. The first-order chi connectivity index (χ1) is 11.8. The predicted molar refractivity (Wildman–Crippen MR) is 69.0 cm³/mol. The van der Waals surface area contributed by atoms with Crippen LogP contribution in [0.15, 0.2) is 12.7 Å². The summed E-state index contributed by atoms with van der Waals surface area (Å²) in [5.41, 5.74) is 0.288. The Labute approximate surface area is 135 Å². The van der Waals surface area contributed by atoms with Crippen LogP contribution in [-0.2, 0) is 4.79 Å². The molecule has 2 amide bonds. The normalized spacial score (nSPS) is 11.9. The fraction of sp³-hybridized carbons (Fsp3) is 0.167. The molecule has 1 aromatic carbocycles. The number of nitrogens with zero attached hydrogens (tertiary/aromatic N) is 3. The minimum Gasteiger partial charge on any atom is -0.394 e. The lowest BCUT2D eigenvalue weighted by Crippen LogP contribution is -2.48. The second-order valence-electron chi connectivity index (χ2n) is 4.50. The molecule has 0 saturated carbocycles. The molecule has 134 valence electrons. The summed E-state index contributed by atoms with van der Waals surface area (Å²) in [6.45, 7) is -1.03. The molecule has 1 aromatic heterocycles. The van der Waals surface area contributed by atoms with E-state index in [2.05, 4.69) is 15.6 Å². The van der Waals surface area contributed by atoms with Crippen molar-refractivity contribution in [2.24, 2.45) is 0 Å². The van der Waals surface area contributed by atoms with Gasteiger partial charge in [0.15, 0.2) is 23.3 Å². The van der Waals surface area contributed by atoms with Crippen LogP contribution in [0.4, 0.5) is 22.0 Å². The van der Waals surface area contributed by atoms with E-state index in [4.69, 9.17) is 5.11 Å². The maximum atomic E-state index is 13.5. The van der Waals surface area contributed by atoms with Gasteiger partial charge in [0.1, 0.15) is 24.3 Å². The lowest BCUT2D eigenvalue weighted by atomic mass is 10.1. The van der Waals surface area contributed by atoms with Gasteiger partial charge in [0.05, 0.1) is 6.61 Å². The molecule has 0 aliphatic carbocycles. The summed E-state index contributed by atoms with van der Waals surface area (Å²) in [6, 6.07) is -1.76. The van der Waals surface area contributed by atoms with Crippen molar-refractivity contribution in [3.05, 3.63) is 47.3 Å². The van der Waals surface area contributed by atoms with Crippen LogP contribution >= 0.6 is 0 Å². The Bertz CT molecular complexity index is 785. The largest absolute Gasteiger partial charge is 0.394 e. The van der Waals surface area contributed by atoms with Crippen molar-refractivity contribution in [3.8, 4) is 0 Å². The van der Waals surface area contributed by atoms with E-state index in [-0.39, 0.29) is 0 Å². The Morgan fingerprint density at radius 2 is 1.48 bits per heavy atom. The van der Waals surface area contributed by atoms with Gasteiger partial charge in [0.25, 0.3) is 11.8 Å². The molecule has 1 heterocycles. The van der Waals surface area contributed by atoms with E-state index >= 15 is 0 Å². The van der Waals surface area contributed by atoms with E-state index in [1.54, 1.807) is 5.32 Å². The van der Waals surface area contributed by atoms with Gasteiger partial charge in [-0.1, -0.05) is 0 Å². The van der Waals surface area contributed by atoms with E-state index in [0.717, 1.165) is 17.3 Å². The van der Waals surface area contributed by atoms with Crippen molar-refractivity contribution in [2.75, 3.05) is 12.0 Å². The maximum Gasteiger partial charge on any atom is 0.263 e. The van der Waals surface area contributed by atoms with E-state index in [1.807, 2.05) is 0 Å². The number of hydrogen-bond donors (Lipinski definition) is 3. The summed E-state index contributed by atoms with van der Waals surface area (Å²) in [7, 11) is 0. The third-order valence-electron chi connectivity index (χ3n) is 2.90. The van der Waals surface area contributed by atoms with Crippen molar-refractivity contribution in [3.63, 3.8) is 0 Å². The molecule has 0 aliphatic rings. The molecule has 0 aliphatic heterocycles. The van der Waals surface area contributed by atoms with Gasteiger partial charge in [-0.3, -0.25) is 15.0 Å². The molecular weight excluding hydrogens is 357 g/mol. The number of aliphatic hydroxyl groups is 1. The highest BCUT2D eigenvalue weighted by Crippen LogP contribution is 2.22. The van der Waals surface area contributed by atoms with Crippen molar-refractivity contribution < 1.29 is 36.6 Å². The number of amides is 2. The van der Waals surface area contributed by atoms with Gasteiger partial charge in [-0.2, -0.15) is 0 Å². The molecule has 3 N–H and O–H groups in total. The van der Waals surface area contributed by atoms with Crippen LogP contribution < -0.4 is 10.7 Å². The summed E-state index contributed by atoms with van der Waals surface area (Å²) < 4.78 is 67.2. The molecule has 0 fully saturated rings. The molecule has 2 rings (SSSR count). The van der Waals surface area contributed by atoms with Crippen molar-refractivity contribution >= 4 is 11.8 Å². The van der Waals surface area contributed by atoms with Gasteiger partial charge in [-0.05, 0) is 0 Å². The Morgan fingerprint density at radius 1 is 1.00 bits per heavy atom. The molecule has 1 atom stereocenters. The number of rotatable bonds is 5. The van der Waals surface area contributed by atoms with Gasteiger partial charge < -0.3 is 10.4 Å². The minimum atomic E-state index is -2.43. The summed E-state index contributed by atoms with van der Waals surface area (Å²) in [5, 5.41) is 17.5. The zero-order chi connectivity index (χ0) is 18.7. The highest BCUT2D eigenvalue weighted by atomic mass is 19.2. The van der Waals surface area contributed by atoms with Crippen LogP contribution in [0.5, 0.6) is 0 Å². The van der Waals surface area contributed by atoms with E-state index in [1.165, 1.54) is 0 Å². The van der Waals surface area contributed by atoms with Crippen LogP contribution in [0.1, 0.15) is 10.4 Å². The van der Waals surface area contributed by atoms with Crippen molar-refractivity contribution in [2.45, 2.75) is 6.04 Å². The standard InChI is InChI=1S/C12H8F5N5O3/c13-6-5(7(14)9(16)10(17)8(6)15)12(25)20-4(1-23)11(24)21-22-2-18-19-3-22/h2-4,23H,1H2,(H,20,25)(H,21,24)/t4-/m0/s1. The lowest BCUT2D eigenvalue weighted by molar-refractivity contribution is -0.119. The minimum absolute atomic E-state index is 0.926. The summed E-state index contributed by atoms with van der Waals surface area (Å²) in [5.74, 6) is -14.7. The van der Waals surface area contributed by atoms with Crippen LogP contribution in [0.25, 0.3) is 0 Å². The molecule has 25 heavy (non-hydrogen) atoms. The van der Waals surface area contributed by atoms with Crippen LogP contribution in [0.2, 0.25) is 0 Å². The second-order valence-corrected chi connectivity index (χ2v) is 4.50. The maximum absolute atomic E-state index is 13.5. The second kappa shape index (κ2) is 7.21. The number of hydrogen-bond acceptors (Lipinski definition) is 5. The van der Waals surface area contributed by atoms with Crippen LogP contribution in [0, 0.1) is 29.1 Å². The first-order valence-electron chi connectivity index (χ1n) is 6.36. The number of nitrogens with one attached hydrogen (secondary N) is 2. The molecule has 2 aromatic rings. The first-order valence-corrected chi connectivity index (χ1v) is 6.36. The number of benzene rings is 1. The van der Waals surface area contributed by atoms with E-state index in [9.17, 15) is 31.5 Å².